The summed E-state index contributed by atoms with van der Waals surface area (Å²) in [7, 11) is 0. The molecule has 1 aromatic rings. The second-order valence-corrected chi connectivity index (χ2v) is 3.56. The molecule has 1 amide bonds. The predicted molar refractivity (Wildman–Crippen MR) is 62.9 cm³/mol. The van der Waals surface area contributed by atoms with E-state index in [-0.39, 0.29) is 5.69 Å². The molecule has 0 aliphatic carbocycles. The first-order chi connectivity index (χ1) is 7.60. The molecule has 0 radical (unpaired) electrons. The summed E-state index contributed by atoms with van der Waals surface area (Å²) in [5.74, 6) is -0.237. The minimum absolute atomic E-state index is 0.152. The van der Waals surface area contributed by atoms with Gasteiger partial charge in [0.2, 0.25) is 0 Å². The molecule has 0 aliphatic rings. The Hall–Kier alpha value is -1.56. The van der Waals surface area contributed by atoms with Gasteiger partial charge in [0.25, 0.3) is 5.91 Å². The van der Waals surface area contributed by atoms with Crippen LogP contribution in [-0.2, 0) is 6.54 Å². The van der Waals surface area contributed by atoms with Gasteiger partial charge in [-0.2, -0.15) is 0 Å². The van der Waals surface area contributed by atoms with Crippen LogP contribution >= 0.6 is 0 Å². The van der Waals surface area contributed by atoms with E-state index in [9.17, 15) is 4.79 Å². The normalized spacial score (nSPS) is 10.9. The van der Waals surface area contributed by atoms with Gasteiger partial charge in [-0.3, -0.25) is 4.79 Å². The van der Waals surface area contributed by atoms with Crippen LogP contribution in [0, 0.1) is 0 Å². The predicted octanol–water partition coefficient (Wildman–Crippen LogP) is -0.0940. The minimum atomic E-state index is -0.584. The molecule has 1 rings (SSSR count). The van der Waals surface area contributed by atoms with Crippen LogP contribution in [0.1, 0.15) is 24.3 Å². The summed E-state index contributed by atoms with van der Waals surface area (Å²) >= 11 is 0. The van der Waals surface area contributed by atoms with Crippen molar-refractivity contribution in [3.8, 4) is 0 Å². The van der Waals surface area contributed by atoms with Gasteiger partial charge in [-0.05, 0) is 13.1 Å². The molecule has 0 saturated carbocycles. The number of primary amides is 1. The third-order valence-electron chi connectivity index (χ3n) is 2.66. The molecule has 16 heavy (non-hydrogen) atoms. The van der Waals surface area contributed by atoms with Crippen LogP contribution in [0.15, 0.2) is 6.33 Å². The van der Waals surface area contributed by atoms with Crippen molar-refractivity contribution >= 4 is 11.7 Å². The molecule has 0 fully saturated rings. The van der Waals surface area contributed by atoms with Gasteiger partial charge in [0.05, 0.1) is 6.33 Å². The Bertz CT molecular complexity index is 356. The first-order valence-electron chi connectivity index (χ1n) is 5.42. The van der Waals surface area contributed by atoms with Crippen LogP contribution in [0.2, 0.25) is 0 Å². The number of nitrogen functional groups attached to an aromatic ring is 1. The number of aromatic nitrogens is 2. The van der Waals surface area contributed by atoms with Gasteiger partial charge >= 0.3 is 0 Å². The molecule has 90 valence electrons. The zero-order chi connectivity index (χ0) is 12.1. The number of carbonyl (C=O) groups excluding carboxylic acids is 1. The molecule has 0 saturated heterocycles. The molecule has 0 bridgehead atoms. The number of likely N-dealkylation sites (N-methyl/N-ethyl adjacent to an activating group) is 1. The molecule has 0 aliphatic heterocycles. The van der Waals surface area contributed by atoms with E-state index in [2.05, 4.69) is 23.7 Å². The largest absolute Gasteiger partial charge is 0.383 e. The van der Waals surface area contributed by atoms with E-state index in [0.717, 1.165) is 19.6 Å². The lowest BCUT2D eigenvalue weighted by atomic mass is 10.4. The Morgan fingerprint density at radius 2 is 2.12 bits per heavy atom. The maximum atomic E-state index is 10.9. The highest BCUT2D eigenvalue weighted by Crippen LogP contribution is 2.08. The number of amides is 1. The zero-order valence-corrected chi connectivity index (χ0v) is 9.81. The highest BCUT2D eigenvalue weighted by Gasteiger charge is 2.12. The van der Waals surface area contributed by atoms with E-state index >= 15 is 0 Å². The van der Waals surface area contributed by atoms with Gasteiger partial charge in [0.15, 0.2) is 5.69 Å². The summed E-state index contributed by atoms with van der Waals surface area (Å²) < 4.78 is 1.75. The number of rotatable bonds is 6. The van der Waals surface area contributed by atoms with Crippen molar-refractivity contribution in [1.29, 1.82) is 0 Å². The average molecular weight is 225 g/mol. The molecule has 0 unspecified atom stereocenters. The molecule has 6 heteroatoms. The molecular weight excluding hydrogens is 206 g/mol. The van der Waals surface area contributed by atoms with Crippen LogP contribution in [-0.4, -0.2) is 40.0 Å². The minimum Gasteiger partial charge on any atom is -0.383 e. The van der Waals surface area contributed by atoms with Crippen molar-refractivity contribution in [2.45, 2.75) is 20.4 Å². The summed E-state index contributed by atoms with van der Waals surface area (Å²) in [5.41, 5.74) is 11.0. The van der Waals surface area contributed by atoms with Crippen molar-refractivity contribution in [3.05, 3.63) is 12.0 Å². The van der Waals surface area contributed by atoms with E-state index in [0.29, 0.717) is 12.4 Å². The maximum absolute atomic E-state index is 10.9. The lowest BCUT2D eigenvalue weighted by Gasteiger charge is -2.18. The Labute approximate surface area is 95.2 Å². The summed E-state index contributed by atoms with van der Waals surface area (Å²) in [6, 6.07) is 0. The first kappa shape index (κ1) is 12.5. The highest BCUT2D eigenvalue weighted by molar-refractivity contribution is 5.95. The lowest BCUT2D eigenvalue weighted by molar-refractivity contribution is 0.0997. The van der Waals surface area contributed by atoms with Crippen molar-refractivity contribution in [2.75, 3.05) is 25.4 Å². The smallest absolute Gasteiger partial charge is 0.271 e. The first-order valence-corrected chi connectivity index (χ1v) is 5.42. The Kier molecular flexibility index (Phi) is 4.30. The number of hydrogen-bond donors (Lipinski definition) is 2. The molecular formula is C10H19N5O. The summed E-state index contributed by atoms with van der Waals surface area (Å²) in [6.07, 6.45) is 1.55. The monoisotopic (exact) mass is 225 g/mol. The summed E-state index contributed by atoms with van der Waals surface area (Å²) in [4.78, 5) is 17.1. The van der Waals surface area contributed by atoms with Crippen LogP contribution in [0.3, 0.4) is 0 Å². The van der Waals surface area contributed by atoms with Crippen LogP contribution in [0.4, 0.5) is 5.82 Å². The average Bonchev–Trinajstić information content (AvgIpc) is 2.62. The number of nitrogens with zero attached hydrogens (tertiary/aromatic N) is 3. The third-order valence-corrected chi connectivity index (χ3v) is 2.66. The summed E-state index contributed by atoms with van der Waals surface area (Å²) in [6.45, 7) is 7.80. The Balaban J connectivity index is 2.64. The number of nitrogens with two attached hydrogens (primary N) is 2. The Morgan fingerprint density at radius 3 is 2.56 bits per heavy atom. The fourth-order valence-corrected chi connectivity index (χ4v) is 1.55. The van der Waals surface area contributed by atoms with E-state index in [1.807, 2.05) is 0 Å². The standard InChI is InChI=1S/C10H19N5O/c1-3-14(4-2)5-6-15-7-13-8(9(15)11)10(12)16/h7H,3-6,11H2,1-2H3,(H2,12,16). The van der Waals surface area contributed by atoms with E-state index in [1.54, 1.807) is 10.9 Å². The van der Waals surface area contributed by atoms with E-state index < -0.39 is 5.91 Å². The highest BCUT2D eigenvalue weighted by atomic mass is 16.1. The number of carbonyl (C=O) groups is 1. The molecule has 0 aromatic carbocycles. The topological polar surface area (TPSA) is 90.2 Å². The van der Waals surface area contributed by atoms with Crippen molar-refractivity contribution in [2.24, 2.45) is 5.73 Å². The molecule has 1 aromatic heterocycles. The lowest BCUT2D eigenvalue weighted by Crippen LogP contribution is -2.27. The Morgan fingerprint density at radius 1 is 1.50 bits per heavy atom. The number of hydrogen-bond acceptors (Lipinski definition) is 4. The zero-order valence-electron chi connectivity index (χ0n) is 9.81. The second kappa shape index (κ2) is 5.50. The van der Waals surface area contributed by atoms with Gasteiger partial charge in [0, 0.05) is 13.1 Å². The van der Waals surface area contributed by atoms with Crippen LogP contribution in [0.25, 0.3) is 0 Å². The van der Waals surface area contributed by atoms with Gasteiger partial charge in [-0.25, -0.2) is 4.98 Å². The van der Waals surface area contributed by atoms with Gasteiger partial charge in [0.1, 0.15) is 5.82 Å². The second-order valence-electron chi connectivity index (χ2n) is 3.56. The van der Waals surface area contributed by atoms with Crippen LogP contribution in [0.5, 0.6) is 0 Å². The van der Waals surface area contributed by atoms with E-state index in [4.69, 9.17) is 11.5 Å². The van der Waals surface area contributed by atoms with Gasteiger partial charge in [-0.1, -0.05) is 13.8 Å². The molecule has 4 N–H and O–H groups in total. The SMILES string of the molecule is CCN(CC)CCn1cnc(C(N)=O)c1N. The van der Waals surface area contributed by atoms with Crippen LogP contribution < -0.4 is 11.5 Å². The summed E-state index contributed by atoms with van der Waals surface area (Å²) in [5, 5.41) is 0. The quantitative estimate of drug-likeness (QED) is 0.707. The molecule has 1 heterocycles. The maximum Gasteiger partial charge on any atom is 0.271 e. The van der Waals surface area contributed by atoms with E-state index in [1.165, 1.54) is 0 Å². The van der Waals surface area contributed by atoms with Crippen molar-refractivity contribution in [1.82, 2.24) is 14.5 Å². The van der Waals surface area contributed by atoms with Crippen molar-refractivity contribution in [3.63, 3.8) is 0 Å². The molecule has 0 atom stereocenters. The number of anilines is 1. The van der Waals surface area contributed by atoms with Gasteiger partial charge < -0.3 is 20.9 Å². The molecule has 6 nitrogen and oxygen atoms in total. The fraction of sp³-hybridized carbons (Fsp3) is 0.600. The molecule has 0 spiro atoms. The van der Waals surface area contributed by atoms with Gasteiger partial charge in [-0.15, -0.1) is 0 Å². The fourth-order valence-electron chi connectivity index (χ4n) is 1.55. The third kappa shape index (κ3) is 2.73. The number of imidazole rings is 1. The van der Waals surface area contributed by atoms with Crippen molar-refractivity contribution < 1.29 is 4.79 Å².